The summed E-state index contributed by atoms with van der Waals surface area (Å²) >= 11 is 1.17. The molecule has 3 rings (SSSR count). The van der Waals surface area contributed by atoms with Crippen LogP contribution < -0.4 is 15.2 Å². The summed E-state index contributed by atoms with van der Waals surface area (Å²) in [6.07, 6.45) is 0.815. The number of rotatable bonds is 9. The highest BCUT2D eigenvalue weighted by Crippen LogP contribution is 2.30. The van der Waals surface area contributed by atoms with Gasteiger partial charge in [-0.3, -0.25) is 9.40 Å². The molecule has 0 fully saturated rings. The van der Waals surface area contributed by atoms with Gasteiger partial charge in [0.1, 0.15) is 11.6 Å². The van der Waals surface area contributed by atoms with Gasteiger partial charge in [-0.1, -0.05) is 39.0 Å². The van der Waals surface area contributed by atoms with E-state index in [0.29, 0.717) is 23.5 Å². The fourth-order valence-electron chi connectivity index (χ4n) is 3.68. The Morgan fingerprint density at radius 2 is 1.91 bits per heavy atom. The maximum Gasteiger partial charge on any atom is 0.356 e. The summed E-state index contributed by atoms with van der Waals surface area (Å²) in [7, 11) is 1.68. The van der Waals surface area contributed by atoms with Crippen molar-refractivity contribution in [2.45, 2.75) is 52.1 Å². The summed E-state index contributed by atoms with van der Waals surface area (Å²) in [5.41, 5.74) is 10.3. The zero-order valence-corrected chi connectivity index (χ0v) is 21.2. The number of anilines is 1. The number of aromatic carboxylic acids is 1. The first-order valence-electron chi connectivity index (χ1n) is 11.0. The minimum atomic E-state index is -1.09. The molecule has 0 aliphatic carbocycles. The molecule has 1 unspecified atom stereocenters. The first kappa shape index (κ1) is 25.5. The maximum atomic E-state index is 11.2. The summed E-state index contributed by atoms with van der Waals surface area (Å²) in [5.74, 6) is -0.336. The summed E-state index contributed by atoms with van der Waals surface area (Å²) in [4.78, 5) is 20.4. The quantitative estimate of drug-likeness (QED) is 0.377. The molecule has 2 heterocycles. The average molecular weight is 485 g/mol. The number of nitrogens with two attached hydrogens (primary N) is 1. The van der Waals surface area contributed by atoms with E-state index >= 15 is 0 Å². The molecule has 10 heteroatoms. The molecule has 0 aliphatic rings. The van der Waals surface area contributed by atoms with E-state index in [9.17, 15) is 9.90 Å². The molecule has 4 N–H and O–H groups in total. The third-order valence-corrected chi connectivity index (χ3v) is 5.94. The molecule has 9 nitrogen and oxygen atoms in total. The van der Waals surface area contributed by atoms with Crippen LogP contribution in [0.2, 0.25) is 0 Å². The fraction of sp³-hybridized carbons (Fsp3) is 0.417. The molecular weight excluding hydrogens is 452 g/mol. The normalized spacial score (nSPS) is 12.4. The smallest absolute Gasteiger partial charge is 0.356 e. The van der Waals surface area contributed by atoms with E-state index in [1.54, 1.807) is 7.05 Å². The molecule has 1 atom stereocenters. The van der Waals surface area contributed by atoms with Crippen LogP contribution in [0.5, 0.6) is 5.88 Å². The molecule has 182 valence electrons. The Balaban J connectivity index is 1.88. The standard InChI is InChI=1S/C24H32N6O3S/c1-14-8-7-9-15(2)21(14)17-10-19(33-13-16(25)12-24(3,4)5)27-23(26-17)29-34-20-11-18(22(31)32)28-30(20)6/h7-11,16H,12-13,25H2,1-6H3,(H,31,32)(H,26,27,29). The number of hydrogen-bond acceptors (Lipinski definition) is 8. The summed E-state index contributed by atoms with van der Waals surface area (Å²) in [6.45, 7) is 10.8. The first-order valence-corrected chi connectivity index (χ1v) is 11.8. The highest BCUT2D eigenvalue weighted by Gasteiger charge is 2.18. The number of nitrogens with zero attached hydrogens (tertiary/aromatic N) is 4. The van der Waals surface area contributed by atoms with Gasteiger partial charge < -0.3 is 15.6 Å². The van der Waals surface area contributed by atoms with Crippen molar-refractivity contribution in [1.82, 2.24) is 19.7 Å². The van der Waals surface area contributed by atoms with E-state index in [-0.39, 0.29) is 17.2 Å². The van der Waals surface area contributed by atoms with Crippen molar-refractivity contribution in [3.63, 3.8) is 0 Å². The van der Waals surface area contributed by atoms with E-state index in [2.05, 4.69) is 35.6 Å². The lowest BCUT2D eigenvalue weighted by atomic mass is 9.89. The number of benzene rings is 1. The van der Waals surface area contributed by atoms with E-state index in [0.717, 1.165) is 28.8 Å². The van der Waals surface area contributed by atoms with Gasteiger partial charge in [-0.2, -0.15) is 10.1 Å². The van der Waals surface area contributed by atoms with Gasteiger partial charge in [-0.25, -0.2) is 9.78 Å². The number of carboxylic acids is 1. The predicted molar refractivity (Wildman–Crippen MR) is 134 cm³/mol. The SMILES string of the molecule is Cc1cccc(C)c1-c1cc(OCC(N)CC(C)(C)C)nc(NSc2cc(C(=O)O)nn2C)n1. The second-order valence-corrected chi connectivity index (χ2v) is 10.3. The van der Waals surface area contributed by atoms with Gasteiger partial charge in [0, 0.05) is 42.7 Å². The van der Waals surface area contributed by atoms with Crippen LogP contribution in [0, 0.1) is 19.3 Å². The molecule has 1 aromatic carbocycles. The number of carboxylic acid groups (broad SMARTS) is 1. The fourth-order valence-corrected chi connectivity index (χ4v) is 4.31. The molecular formula is C24H32N6O3S. The van der Waals surface area contributed by atoms with Gasteiger partial charge in [-0.15, -0.1) is 0 Å². The zero-order valence-electron chi connectivity index (χ0n) is 20.4. The number of nitrogens with one attached hydrogen (secondary N) is 1. The van der Waals surface area contributed by atoms with Crippen molar-refractivity contribution in [1.29, 1.82) is 0 Å². The second kappa shape index (κ2) is 10.4. The number of aryl methyl sites for hydroxylation is 3. The van der Waals surface area contributed by atoms with Crippen LogP contribution in [0.4, 0.5) is 5.95 Å². The highest BCUT2D eigenvalue weighted by atomic mass is 32.2. The summed E-state index contributed by atoms with van der Waals surface area (Å²) in [6, 6.07) is 9.26. The number of ether oxygens (including phenoxy) is 1. The average Bonchev–Trinajstić information content (AvgIpc) is 3.10. The van der Waals surface area contributed by atoms with Gasteiger partial charge in [0.05, 0.1) is 5.69 Å². The minimum absolute atomic E-state index is 0.0335. The Labute approximate surface area is 204 Å². The highest BCUT2D eigenvalue weighted by molar-refractivity contribution is 8.00. The number of hydrogen-bond donors (Lipinski definition) is 3. The van der Waals surface area contributed by atoms with Gasteiger partial charge in [0.2, 0.25) is 11.8 Å². The van der Waals surface area contributed by atoms with Crippen LogP contribution in [0.25, 0.3) is 11.3 Å². The number of carbonyl (C=O) groups is 1. The van der Waals surface area contributed by atoms with Gasteiger partial charge in [0.15, 0.2) is 5.69 Å². The van der Waals surface area contributed by atoms with Crippen molar-refractivity contribution < 1.29 is 14.6 Å². The Bertz CT molecular complexity index is 1150. The molecule has 3 aromatic rings. The van der Waals surface area contributed by atoms with Gasteiger partial charge in [0.25, 0.3) is 0 Å². The van der Waals surface area contributed by atoms with E-state index in [1.807, 2.05) is 38.1 Å². The minimum Gasteiger partial charge on any atom is -0.476 e. The van der Waals surface area contributed by atoms with Crippen molar-refractivity contribution in [2.75, 3.05) is 11.3 Å². The van der Waals surface area contributed by atoms with Crippen LogP contribution in [-0.2, 0) is 7.05 Å². The van der Waals surface area contributed by atoms with Gasteiger partial charge >= 0.3 is 5.97 Å². The Morgan fingerprint density at radius 1 is 1.24 bits per heavy atom. The molecule has 0 aliphatic heterocycles. The maximum absolute atomic E-state index is 11.2. The van der Waals surface area contributed by atoms with Crippen molar-refractivity contribution in [3.8, 4) is 17.1 Å². The summed E-state index contributed by atoms with van der Waals surface area (Å²) in [5, 5.41) is 13.8. The molecule has 0 bridgehead atoms. The molecule has 0 amide bonds. The third kappa shape index (κ3) is 6.71. The predicted octanol–water partition coefficient (Wildman–Crippen LogP) is 4.45. The lowest BCUT2D eigenvalue weighted by Gasteiger charge is -2.23. The lowest BCUT2D eigenvalue weighted by Crippen LogP contribution is -2.32. The molecule has 0 saturated carbocycles. The molecule has 2 aromatic heterocycles. The second-order valence-electron chi connectivity index (χ2n) is 9.52. The molecule has 34 heavy (non-hydrogen) atoms. The van der Waals surface area contributed by atoms with E-state index in [4.69, 9.17) is 15.5 Å². The van der Waals surface area contributed by atoms with E-state index < -0.39 is 5.97 Å². The first-order chi connectivity index (χ1) is 15.9. The van der Waals surface area contributed by atoms with Crippen molar-refractivity contribution >= 4 is 23.9 Å². The van der Waals surface area contributed by atoms with Crippen LogP contribution in [-0.4, -0.2) is 43.5 Å². The van der Waals surface area contributed by atoms with Crippen molar-refractivity contribution in [2.24, 2.45) is 18.2 Å². The zero-order chi connectivity index (χ0) is 25.0. The van der Waals surface area contributed by atoms with Crippen molar-refractivity contribution in [3.05, 3.63) is 47.2 Å². The van der Waals surface area contributed by atoms with Crippen LogP contribution >= 0.6 is 11.9 Å². The Morgan fingerprint density at radius 3 is 2.50 bits per heavy atom. The van der Waals surface area contributed by atoms with E-state index in [1.165, 1.54) is 22.7 Å². The molecule has 0 saturated heterocycles. The Hall–Kier alpha value is -3.11. The molecule has 0 radical (unpaired) electrons. The topological polar surface area (TPSA) is 128 Å². The monoisotopic (exact) mass is 484 g/mol. The van der Waals surface area contributed by atoms with Crippen LogP contribution in [0.1, 0.15) is 48.8 Å². The Kier molecular flexibility index (Phi) is 7.83. The summed E-state index contributed by atoms with van der Waals surface area (Å²) < 4.78 is 10.6. The lowest BCUT2D eigenvalue weighted by molar-refractivity contribution is 0.0689. The van der Waals surface area contributed by atoms with Gasteiger partial charge in [-0.05, 0) is 36.8 Å². The van der Waals surface area contributed by atoms with Crippen LogP contribution in [0.3, 0.4) is 0 Å². The number of aromatic nitrogens is 4. The van der Waals surface area contributed by atoms with Crippen LogP contribution in [0.15, 0.2) is 35.4 Å². The molecule has 0 spiro atoms. The third-order valence-electron chi connectivity index (χ3n) is 5.06. The largest absolute Gasteiger partial charge is 0.476 e.